The third kappa shape index (κ3) is 2.32. The molecule has 6 heteroatoms. The minimum atomic E-state index is -3.51. The van der Waals surface area contributed by atoms with E-state index in [1.165, 1.54) is 17.3 Å². The van der Waals surface area contributed by atoms with Gasteiger partial charge in [-0.3, -0.25) is 4.68 Å². The zero-order valence-electron chi connectivity index (χ0n) is 13.9. The molecule has 3 heterocycles. The maximum Gasteiger partial charge on any atom is 0.247 e. The van der Waals surface area contributed by atoms with Crippen LogP contribution in [0.1, 0.15) is 30.5 Å². The predicted molar refractivity (Wildman–Crippen MR) is 92.8 cm³/mol. The average Bonchev–Trinajstić information content (AvgIpc) is 3.06. The van der Waals surface area contributed by atoms with Crippen LogP contribution in [0.2, 0.25) is 0 Å². The molecule has 5 nitrogen and oxygen atoms in total. The van der Waals surface area contributed by atoms with Gasteiger partial charge >= 0.3 is 0 Å². The van der Waals surface area contributed by atoms with E-state index in [4.69, 9.17) is 0 Å². The van der Waals surface area contributed by atoms with Crippen molar-refractivity contribution in [2.24, 2.45) is 7.05 Å². The summed E-state index contributed by atoms with van der Waals surface area (Å²) < 4.78 is 29.7. The SMILES string of the molecule is Cc1c(S(=O)(=O)N2C3C=C(c4ccccc4)CC2CC3)cnn1C. The zero-order chi connectivity index (χ0) is 16.9. The standard InChI is InChI=1S/C18H21N3O2S/c1-13-18(12-19-20(13)2)24(22,23)21-16-8-9-17(21)11-15(10-16)14-6-4-3-5-7-14/h3-7,10,12,16-17H,8-9,11H2,1-2H3. The molecule has 0 saturated carbocycles. The monoisotopic (exact) mass is 343 g/mol. The second-order valence-electron chi connectivity index (χ2n) is 6.61. The molecular formula is C18H21N3O2S. The highest BCUT2D eigenvalue weighted by molar-refractivity contribution is 7.89. The number of aryl methyl sites for hydroxylation is 1. The minimum absolute atomic E-state index is 0.0415. The molecule has 4 rings (SSSR count). The van der Waals surface area contributed by atoms with Crippen LogP contribution < -0.4 is 0 Å². The number of rotatable bonds is 3. The van der Waals surface area contributed by atoms with E-state index in [2.05, 4.69) is 23.3 Å². The van der Waals surface area contributed by atoms with Gasteiger partial charge in [-0.15, -0.1) is 0 Å². The molecular weight excluding hydrogens is 322 g/mol. The number of nitrogens with zero attached hydrogens (tertiary/aromatic N) is 3. The van der Waals surface area contributed by atoms with Crippen LogP contribution in [0.4, 0.5) is 0 Å². The minimum Gasteiger partial charge on any atom is -0.272 e. The van der Waals surface area contributed by atoms with Gasteiger partial charge in [-0.1, -0.05) is 36.4 Å². The van der Waals surface area contributed by atoms with Crippen LogP contribution in [-0.4, -0.2) is 34.6 Å². The molecule has 2 unspecified atom stereocenters. The van der Waals surface area contributed by atoms with Gasteiger partial charge in [0.25, 0.3) is 0 Å². The van der Waals surface area contributed by atoms with Crippen LogP contribution in [0.3, 0.4) is 0 Å². The van der Waals surface area contributed by atoms with Crippen molar-refractivity contribution in [3.05, 3.63) is 53.9 Å². The van der Waals surface area contributed by atoms with E-state index in [1.54, 1.807) is 23.0 Å². The topological polar surface area (TPSA) is 55.2 Å². The van der Waals surface area contributed by atoms with E-state index in [1.807, 2.05) is 18.2 Å². The molecule has 1 aromatic carbocycles. The number of sulfonamides is 1. The van der Waals surface area contributed by atoms with Crippen LogP contribution >= 0.6 is 0 Å². The summed E-state index contributed by atoms with van der Waals surface area (Å²) in [4.78, 5) is 0.332. The van der Waals surface area contributed by atoms with Crippen LogP contribution in [0.15, 0.2) is 47.5 Å². The first-order chi connectivity index (χ1) is 11.5. The van der Waals surface area contributed by atoms with Gasteiger partial charge < -0.3 is 0 Å². The van der Waals surface area contributed by atoms with Gasteiger partial charge in [0.15, 0.2) is 0 Å². The van der Waals surface area contributed by atoms with Crippen molar-refractivity contribution in [1.82, 2.24) is 14.1 Å². The van der Waals surface area contributed by atoms with Gasteiger partial charge in [0.1, 0.15) is 4.90 Å². The maximum atomic E-state index is 13.2. The first kappa shape index (κ1) is 15.6. The molecule has 0 aliphatic carbocycles. The lowest BCUT2D eigenvalue weighted by atomic mass is 9.96. The summed E-state index contributed by atoms with van der Waals surface area (Å²) in [7, 11) is -1.74. The summed E-state index contributed by atoms with van der Waals surface area (Å²) in [5, 5.41) is 4.11. The summed E-state index contributed by atoms with van der Waals surface area (Å²) in [5.41, 5.74) is 3.15. The fraction of sp³-hybridized carbons (Fsp3) is 0.389. The Morgan fingerprint density at radius 1 is 1.17 bits per heavy atom. The molecule has 2 aliphatic rings. The quantitative estimate of drug-likeness (QED) is 0.861. The molecule has 2 aromatic rings. The lowest BCUT2D eigenvalue weighted by Crippen LogP contribution is -2.42. The Hall–Kier alpha value is -1.92. The van der Waals surface area contributed by atoms with Gasteiger partial charge in [0, 0.05) is 19.1 Å². The normalized spacial score (nSPS) is 24.2. The Morgan fingerprint density at radius 2 is 1.92 bits per heavy atom. The van der Waals surface area contributed by atoms with Crippen LogP contribution in [0.25, 0.3) is 5.57 Å². The molecule has 2 aliphatic heterocycles. The maximum absolute atomic E-state index is 13.2. The molecule has 1 fully saturated rings. The number of aromatic nitrogens is 2. The first-order valence-electron chi connectivity index (χ1n) is 8.27. The lowest BCUT2D eigenvalue weighted by molar-refractivity contribution is 0.345. The molecule has 1 saturated heterocycles. The second-order valence-corrected chi connectivity index (χ2v) is 8.42. The number of hydrogen-bond donors (Lipinski definition) is 0. The van der Waals surface area contributed by atoms with Gasteiger partial charge in [0.2, 0.25) is 10.0 Å². The van der Waals surface area contributed by atoms with E-state index in [9.17, 15) is 8.42 Å². The molecule has 1 aromatic heterocycles. The van der Waals surface area contributed by atoms with E-state index in [0.717, 1.165) is 19.3 Å². The smallest absolute Gasteiger partial charge is 0.247 e. The van der Waals surface area contributed by atoms with Crippen molar-refractivity contribution in [3.8, 4) is 0 Å². The van der Waals surface area contributed by atoms with E-state index in [0.29, 0.717) is 10.6 Å². The summed E-state index contributed by atoms with van der Waals surface area (Å²) in [6, 6.07) is 10.2. The van der Waals surface area contributed by atoms with Gasteiger partial charge in [-0.25, -0.2) is 8.42 Å². The van der Waals surface area contributed by atoms with Crippen LogP contribution in [0, 0.1) is 6.92 Å². The van der Waals surface area contributed by atoms with Gasteiger partial charge in [-0.05, 0) is 37.3 Å². The zero-order valence-corrected chi connectivity index (χ0v) is 14.7. The highest BCUT2D eigenvalue weighted by Crippen LogP contribution is 2.41. The van der Waals surface area contributed by atoms with Crippen molar-refractivity contribution in [3.63, 3.8) is 0 Å². The van der Waals surface area contributed by atoms with Crippen molar-refractivity contribution < 1.29 is 8.42 Å². The molecule has 0 N–H and O–H groups in total. The number of fused-ring (bicyclic) bond motifs is 2. The van der Waals surface area contributed by atoms with Crippen LogP contribution in [-0.2, 0) is 17.1 Å². The summed E-state index contributed by atoms with van der Waals surface area (Å²) in [5.74, 6) is 0. The van der Waals surface area contributed by atoms with Crippen molar-refractivity contribution in [1.29, 1.82) is 0 Å². The fourth-order valence-electron chi connectivity index (χ4n) is 3.88. The number of benzene rings is 1. The summed E-state index contributed by atoms with van der Waals surface area (Å²) in [6.45, 7) is 1.80. The second kappa shape index (κ2) is 5.57. The molecule has 2 atom stereocenters. The summed E-state index contributed by atoms with van der Waals surface area (Å²) >= 11 is 0. The Labute approximate surface area is 142 Å². The van der Waals surface area contributed by atoms with Crippen molar-refractivity contribution >= 4 is 15.6 Å². The Bertz CT molecular complexity index is 900. The largest absolute Gasteiger partial charge is 0.272 e. The molecule has 0 radical (unpaired) electrons. The van der Waals surface area contributed by atoms with E-state index in [-0.39, 0.29) is 12.1 Å². The lowest BCUT2D eigenvalue weighted by Gasteiger charge is -2.33. The van der Waals surface area contributed by atoms with Gasteiger partial charge in [-0.2, -0.15) is 9.40 Å². The molecule has 0 amide bonds. The average molecular weight is 343 g/mol. The van der Waals surface area contributed by atoms with Crippen LogP contribution in [0.5, 0.6) is 0 Å². The Kier molecular flexibility index (Phi) is 3.62. The third-order valence-corrected chi connectivity index (χ3v) is 7.30. The van der Waals surface area contributed by atoms with E-state index >= 15 is 0 Å². The van der Waals surface area contributed by atoms with Crippen molar-refractivity contribution in [2.75, 3.05) is 0 Å². The number of hydrogen-bond acceptors (Lipinski definition) is 3. The highest BCUT2D eigenvalue weighted by Gasteiger charge is 2.45. The van der Waals surface area contributed by atoms with Gasteiger partial charge in [0.05, 0.1) is 11.9 Å². The summed E-state index contributed by atoms with van der Waals surface area (Å²) in [6.07, 6.45) is 6.19. The highest BCUT2D eigenvalue weighted by atomic mass is 32.2. The molecule has 0 spiro atoms. The molecule has 2 bridgehead atoms. The predicted octanol–water partition coefficient (Wildman–Crippen LogP) is 2.74. The Balaban J connectivity index is 1.72. The van der Waals surface area contributed by atoms with Crippen molar-refractivity contribution in [2.45, 2.75) is 43.2 Å². The third-order valence-electron chi connectivity index (χ3n) is 5.22. The molecule has 24 heavy (non-hydrogen) atoms. The first-order valence-corrected chi connectivity index (χ1v) is 9.71. The van der Waals surface area contributed by atoms with E-state index < -0.39 is 10.0 Å². The molecule has 126 valence electrons. The fourth-order valence-corrected chi connectivity index (χ4v) is 5.89. The Morgan fingerprint density at radius 3 is 2.54 bits per heavy atom.